The van der Waals surface area contributed by atoms with Crippen molar-refractivity contribution in [1.29, 1.82) is 0 Å². The van der Waals surface area contributed by atoms with Gasteiger partial charge in [0.15, 0.2) is 0 Å². The second kappa shape index (κ2) is 38.5. The van der Waals surface area contributed by atoms with Crippen LogP contribution in [0.1, 0.15) is 151 Å². The van der Waals surface area contributed by atoms with Crippen LogP contribution in [0.4, 0.5) is 4.39 Å². The Hall–Kier alpha value is -3.27. The molecule has 1 aromatic carbocycles. The third kappa shape index (κ3) is 32.0. The fraction of sp³-hybridized carbons (Fsp3) is 0.700. The summed E-state index contributed by atoms with van der Waals surface area (Å²) < 4.78 is 40.5. The number of benzene rings is 1. The number of carbonyl (C=O) groups excluding carboxylic acids is 4. The number of methoxy groups -OCH3 is 1. The molecule has 0 fully saturated rings. The minimum absolute atomic E-state index is 0. The van der Waals surface area contributed by atoms with Gasteiger partial charge in [0, 0.05) is 26.0 Å². The molecule has 0 heterocycles. The van der Waals surface area contributed by atoms with Gasteiger partial charge in [-0.1, -0.05) is 111 Å². The van der Waals surface area contributed by atoms with E-state index in [1.807, 2.05) is 19.1 Å². The quantitative estimate of drug-likeness (QED) is 0.0655. The minimum Gasteiger partial charge on any atom is -0.491 e. The number of hydrogen-bond donors (Lipinski definition) is 0. The van der Waals surface area contributed by atoms with Crippen molar-refractivity contribution < 1.29 is 47.3 Å². The van der Waals surface area contributed by atoms with Crippen LogP contribution in [-0.4, -0.2) is 61.8 Å². The molecule has 0 aliphatic rings. The zero-order valence-corrected chi connectivity index (χ0v) is 25.6. The Morgan fingerprint density at radius 1 is 0.740 bits per heavy atom. The van der Waals surface area contributed by atoms with E-state index in [9.17, 15) is 23.6 Å². The van der Waals surface area contributed by atoms with Gasteiger partial charge in [-0.3, -0.25) is 19.2 Å². The monoisotopic (exact) mass is 723 g/mol. The van der Waals surface area contributed by atoms with Crippen LogP contribution in [0.15, 0.2) is 36.4 Å². The standard InChI is InChI=1S/C32H47FO9.8CH4/c1-6-8-10-11-15-27(17-23(3)34)41-32(37)20-28(14-9-7-2)42-30(35)18-24(4)40-31(36)21-29(38-5)22-39-26-16-12-13-25(33)19-26;;;;;;;;/h10-13,16,19,24,27-29H,6-9,14-15,17-18,20-22H2,1-5H3;8*1H4. The molecular weight excluding hydrogens is 643 g/mol. The zero-order valence-electron chi connectivity index (χ0n) is 25.6. The lowest BCUT2D eigenvalue weighted by molar-refractivity contribution is -0.161. The van der Waals surface area contributed by atoms with Crippen LogP contribution in [0.5, 0.6) is 5.75 Å². The van der Waals surface area contributed by atoms with Crippen LogP contribution in [0.3, 0.4) is 0 Å². The molecule has 0 aliphatic heterocycles. The Kier molecular flexibility index (Phi) is 50.2. The summed E-state index contributed by atoms with van der Waals surface area (Å²) >= 11 is 0. The predicted octanol–water partition coefficient (Wildman–Crippen LogP) is 11.1. The molecule has 0 N–H and O–H groups in total. The van der Waals surface area contributed by atoms with E-state index in [1.165, 1.54) is 32.2 Å². The summed E-state index contributed by atoms with van der Waals surface area (Å²) in [6.07, 6.45) is 5.27. The third-order valence-electron chi connectivity index (χ3n) is 6.15. The van der Waals surface area contributed by atoms with E-state index in [0.29, 0.717) is 18.6 Å². The molecule has 4 atom stereocenters. The smallest absolute Gasteiger partial charge is 0.309 e. The topological polar surface area (TPSA) is 114 Å². The molecule has 9 nitrogen and oxygen atoms in total. The summed E-state index contributed by atoms with van der Waals surface area (Å²) in [6, 6.07) is 5.62. The Bertz CT molecular complexity index is 997. The van der Waals surface area contributed by atoms with Gasteiger partial charge in [-0.05, 0) is 38.8 Å². The fourth-order valence-electron chi connectivity index (χ4n) is 4.01. The normalized spacial score (nSPS) is 11.8. The van der Waals surface area contributed by atoms with E-state index in [4.69, 9.17) is 23.7 Å². The number of Topliss-reactive ketones (excluding diaryl/α,β-unsaturated/α-hetero) is 1. The first-order valence-electron chi connectivity index (χ1n) is 14.7. The Labute approximate surface area is 308 Å². The largest absolute Gasteiger partial charge is 0.491 e. The molecule has 4 unspecified atom stereocenters. The number of rotatable bonds is 22. The average Bonchev–Trinajstić information content (AvgIpc) is 2.91. The summed E-state index contributed by atoms with van der Waals surface area (Å²) in [5, 5.41) is 0. The molecule has 0 saturated heterocycles. The maximum Gasteiger partial charge on any atom is 0.309 e. The van der Waals surface area contributed by atoms with E-state index in [0.717, 1.165) is 25.7 Å². The van der Waals surface area contributed by atoms with Gasteiger partial charge in [-0.2, -0.15) is 0 Å². The van der Waals surface area contributed by atoms with Crippen LogP contribution in [0.25, 0.3) is 0 Å². The van der Waals surface area contributed by atoms with Gasteiger partial charge in [0.05, 0.1) is 19.3 Å². The number of allylic oxidation sites excluding steroid dienone is 1. The Morgan fingerprint density at radius 3 is 1.84 bits per heavy atom. The minimum atomic E-state index is -0.778. The van der Waals surface area contributed by atoms with E-state index in [2.05, 4.69) is 6.92 Å². The van der Waals surface area contributed by atoms with Gasteiger partial charge >= 0.3 is 17.9 Å². The van der Waals surface area contributed by atoms with Gasteiger partial charge in [-0.25, -0.2) is 4.39 Å². The molecule has 0 aromatic heterocycles. The molecule has 0 bridgehead atoms. The van der Waals surface area contributed by atoms with Gasteiger partial charge < -0.3 is 23.7 Å². The number of ether oxygens (including phenoxy) is 5. The summed E-state index contributed by atoms with van der Waals surface area (Å²) in [7, 11) is 1.42. The lowest BCUT2D eigenvalue weighted by Gasteiger charge is -2.21. The molecule has 10 heteroatoms. The highest BCUT2D eigenvalue weighted by atomic mass is 19.1. The van der Waals surface area contributed by atoms with Crippen molar-refractivity contribution in [2.75, 3.05) is 13.7 Å². The summed E-state index contributed by atoms with van der Waals surface area (Å²) in [5.41, 5.74) is 0. The predicted molar refractivity (Wildman–Crippen MR) is 209 cm³/mol. The number of halogens is 1. The van der Waals surface area contributed by atoms with E-state index in [1.54, 1.807) is 13.0 Å². The summed E-state index contributed by atoms with van der Waals surface area (Å²) in [4.78, 5) is 49.4. The van der Waals surface area contributed by atoms with Gasteiger partial charge in [0.25, 0.3) is 0 Å². The number of ketones is 1. The van der Waals surface area contributed by atoms with E-state index < -0.39 is 48.1 Å². The third-order valence-corrected chi connectivity index (χ3v) is 6.15. The molecule has 1 rings (SSSR count). The summed E-state index contributed by atoms with van der Waals surface area (Å²) in [6.45, 7) is 7.07. The van der Waals surface area contributed by atoms with Crippen LogP contribution >= 0.6 is 0 Å². The highest BCUT2D eigenvalue weighted by molar-refractivity contribution is 5.77. The van der Waals surface area contributed by atoms with Crippen molar-refractivity contribution in [3.63, 3.8) is 0 Å². The molecule has 0 amide bonds. The van der Waals surface area contributed by atoms with Crippen molar-refractivity contribution in [3.05, 3.63) is 42.2 Å². The SMILES string of the molecule is C.C.C.C.C.C.C.C.CCCC=CCC(CC(C)=O)OC(=O)CC(CCCC)OC(=O)CC(C)OC(=O)CC(COc1cccc(F)c1)OC. The second-order valence-electron chi connectivity index (χ2n) is 10.3. The number of hydrogen-bond acceptors (Lipinski definition) is 9. The van der Waals surface area contributed by atoms with E-state index in [-0.39, 0.29) is 97.5 Å². The van der Waals surface area contributed by atoms with Crippen molar-refractivity contribution in [3.8, 4) is 5.75 Å². The first-order chi connectivity index (χ1) is 20.1. The number of carbonyl (C=O) groups is 4. The summed E-state index contributed by atoms with van der Waals surface area (Å²) in [5.74, 6) is -1.95. The molecule has 0 aliphatic carbocycles. The lowest BCUT2D eigenvalue weighted by atomic mass is 10.1. The van der Waals surface area contributed by atoms with Crippen molar-refractivity contribution in [2.24, 2.45) is 0 Å². The first kappa shape index (κ1) is 65.1. The average molecular weight is 723 g/mol. The maximum absolute atomic E-state index is 13.3. The zero-order chi connectivity index (χ0) is 31.3. The maximum atomic E-state index is 13.3. The van der Waals surface area contributed by atoms with Gasteiger partial charge in [0.1, 0.15) is 48.4 Å². The van der Waals surface area contributed by atoms with Crippen LogP contribution < -0.4 is 4.74 Å². The Balaban J connectivity index is -0.000000367. The van der Waals surface area contributed by atoms with Crippen molar-refractivity contribution in [2.45, 2.75) is 176 Å². The van der Waals surface area contributed by atoms with Crippen LogP contribution in [-0.2, 0) is 38.1 Å². The van der Waals surface area contributed by atoms with Crippen LogP contribution in [0, 0.1) is 5.82 Å². The molecular formula is C40H79FO9. The highest BCUT2D eigenvalue weighted by Gasteiger charge is 2.24. The molecule has 1 aromatic rings. The van der Waals surface area contributed by atoms with Crippen molar-refractivity contribution >= 4 is 23.7 Å². The van der Waals surface area contributed by atoms with Crippen LogP contribution in [0.2, 0.25) is 0 Å². The van der Waals surface area contributed by atoms with Gasteiger partial charge in [0.2, 0.25) is 0 Å². The second-order valence-corrected chi connectivity index (χ2v) is 10.3. The fourth-order valence-corrected chi connectivity index (χ4v) is 4.01. The van der Waals surface area contributed by atoms with Crippen molar-refractivity contribution in [1.82, 2.24) is 0 Å². The molecule has 0 saturated carbocycles. The highest BCUT2D eigenvalue weighted by Crippen LogP contribution is 2.17. The molecule has 0 radical (unpaired) electrons. The lowest BCUT2D eigenvalue weighted by Crippen LogP contribution is -2.29. The molecule has 50 heavy (non-hydrogen) atoms. The molecule has 300 valence electrons. The first-order valence-corrected chi connectivity index (χ1v) is 14.7. The van der Waals surface area contributed by atoms with E-state index >= 15 is 0 Å². The van der Waals surface area contributed by atoms with Gasteiger partial charge in [-0.15, -0.1) is 0 Å². The number of unbranched alkanes of at least 4 members (excludes halogenated alkanes) is 2. The Morgan fingerprint density at radius 2 is 1.30 bits per heavy atom. The molecule has 0 spiro atoms. The number of esters is 3.